The molecule has 1 saturated heterocycles. The second-order valence-electron chi connectivity index (χ2n) is 4.80. The molecule has 1 unspecified atom stereocenters. The lowest BCUT2D eigenvalue weighted by Gasteiger charge is -2.26. The van der Waals surface area contributed by atoms with Crippen LogP contribution in [0.3, 0.4) is 0 Å². The molecule has 7 heteroatoms. The third-order valence-corrected chi connectivity index (χ3v) is 3.97. The molecule has 0 saturated carbocycles. The van der Waals surface area contributed by atoms with Crippen LogP contribution in [0.5, 0.6) is 0 Å². The van der Waals surface area contributed by atoms with Gasteiger partial charge in [-0.15, -0.1) is 0 Å². The third-order valence-electron chi connectivity index (χ3n) is 3.32. The minimum Gasteiger partial charge on any atom is -0.480 e. The van der Waals surface area contributed by atoms with Crippen LogP contribution in [0.1, 0.15) is 26.2 Å². The third kappa shape index (κ3) is 5.58. The van der Waals surface area contributed by atoms with Crippen molar-refractivity contribution in [1.29, 1.82) is 0 Å². The molecule has 1 aliphatic heterocycles. The fourth-order valence-electron chi connectivity index (χ4n) is 2.12. The summed E-state index contributed by atoms with van der Waals surface area (Å²) in [5.74, 6) is -0.282. The van der Waals surface area contributed by atoms with Crippen LogP contribution in [-0.2, 0) is 9.53 Å². The first-order valence-corrected chi connectivity index (χ1v) is 8.36. The molecule has 116 valence electrons. The van der Waals surface area contributed by atoms with E-state index in [1.807, 2.05) is 13.2 Å². The number of likely N-dealkylation sites (N-methyl/N-ethyl adjacent to an activating group) is 1. The Morgan fingerprint density at radius 3 is 2.80 bits per heavy atom. The number of carbonyl (C=O) groups is 2. The number of aliphatic carboxylic acids is 1. The number of nitrogens with one attached hydrogen (secondary N) is 1. The predicted octanol–water partition coefficient (Wildman–Crippen LogP) is 1.40. The molecule has 6 nitrogen and oxygen atoms in total. The van der Waals surface area contributed by atoms with Crippen LogP contribution in [-0.4, -0.2) is 65.9 Å². The predicted molar refractivity (Wildman–Crippen MR) is 79.2 cm³/mol. The highest BCUT2D eigenvalue weighted by Crippen LogP contribution is 2.13. The Morgan fingerprint density at radius 2 is 2.30 bits per heavy atom. The van der Waals surface area contributed by atoms with E-state index in [0.717, 1.165) is 19.4 Å². The van der Waals surface area contributed by atoms with Gasteiger partial charge in [-0.1, -0.05) is 0 Å². The maximum Gasteiger partial charge on any atom is 0.326 e. The van der Waals surface area contributed by atoms with E-state index in [1.54, 1.807) is 16.7 Å². The Bertz CT molecular complexity index is 321. The maximum absolute atomic E-state index is 12.1. The van der Waals surface area contributed by atoms with Gasteiger partial charge in [-0.25, -0.2) is 9.59 Å². The average molecular weight is 304 g/mol. The molecule has 20 heavy (non-hydrogen) atoms. The number of hydrogen-bond donors (Lipinski definition) is 2. The van der Waals surface area contributed by atoms with E-state index in [0.29, 0.717) is 25.3 Å². The first-order valence-electron chi connectivity index (χ1n) is 6.97. The number of urea groups is 1. The van der Waals surface area contributed by atoms with Gasteiger partial charge in [0.1, 0.15) is 6.04 Å². The quantitative estimate of drug-likeness (QED) is 0.709. The molecule has 0 bridgehead atoms. The van der Waals surface area contributed by atoms with Gasteiger partial charge in [-0.2, -0.15) is 11.8 Å². The molecular formula is C13H24N2O4S. The zero-order valence-corrected chi connectivity index (χ0v) is 12.9. The Kier molecular flexibility index (Phi) is 7.76. The minimum atomic E-state index is -0.986. The number of hydrogen-bond acceptors (Lipinski definition) is 4. The molecule has 2 amide bonds. The van der Waals surface area contributed by atoms with E-state index in [2.05, 4.69) is 5.32 Å². The highest BCUT2D eigenvalue weighted by Gasteiger charge is 2.25. The highest BCUT2D eigenvalue weighted by molar-refractivity contribution is 7.98. The number of carbonyl (C=O) groups excluding carboxylic acids is 1. The summed E-state index contributed by atoms with van der Waals surface area (Å²) in [5, 5.41) is 11.7. The smallest absolute Gasteiger partial charge is 0.326 e. The molecule has 0 aromatic heterocycles. The number of carboxylic acids is 1. The van der Waals surface area contributed by atoms with Crippen LogP contribution >= 0.6 is 11.8 Å². The lowest BCUT2D eigenvalue weighted by molar-refractivity contribution is -0.139. The SMILES string of the molecule is CCN(CC1CCCO1)C(=O)N[C@H](CCSC)C(=O)O. The molecular weight excluding hydrogens is 280 g/mol. The molecule has 1 heterocycles. The number of amides is 2. The fourth-order valence-corrected chi connectivity index (χ4v) is 2.59. The molecule has 2 atom stereocenters. The molecule has 0 aromatic carbocycles. The van der Waals surface area contributed by atoms with Gasteiger partial charge in [-0.3, -0.25) is 0 Å². The Hall–Kier alpha value is -0.950. The van der Waals surface area contributed by atoms with E-state index in [-0.39, 0.29) is 12.1 Å². The van der Waals surface area contributed by atoms with Gasteiger partial charge in [0.2, 0.25) is 0 Å². The van der Waals surface area contributed by atoms with Crippen molar-refractivity contribution in [2.45, 2.75) is 38.3 Å². The number of rotatable bonds is 8. The molecule has 1 aliphatic rings. The molecule has 1 fully saturated rings. The van der Waals surface area contributed by atoms with Gasteiger partial charge in [0.05, 0.1) is 6.10 Å². The van der Waals surface area contributed by atoms with Gasteiger partial charge >= 0.3 is 12.0 Å². The van der Waals surface area contributed by atoms with Crippen molar-refractivity contribution in [3.63, 3.8) is 0 Å². The molecule has 0 aromatic rings. The molecule has 0 radical (unpaired) electrons. The fraction of sp³-hybridized carbons (Fsp3) is 0.846. The first-order chi connectivity index (χ1) is 9.58. The topological polar surface area (TPSA) is 78.9 Å². The van der Waals surface area contributed by atoms with Crippen molar-refractivity contribution in [3.8, 4) is 0 Å². The highest BCUT2D eigenvalue weighted by atomic mass is 32.2. The monoisotopic (exact) mass is 304 g/mol. The Balaban J connectivity index is 2.48. The van der Waals surface area contributed by atoms with Gasteiger partial charge < -0.3 is 20.1 Å². The van der Waals surface area contributed by atoms with Crippen molar-refractivity contribution in [1.82, 2.24) is 10.2 Å². The summed E-state index contributed by atoms with van der Waals surface area (Å²) in [7, 11) is 0. The van der Waals surface area contributed by atoms with Gasteiger partial charge in [0, 0.05) is 19.7 Å². The van der Waals surface area contributed by atoms with Crippen LogP contribution in [0.15, 0.2) is 0 Å². The summed E-state index contributed by atoms with van der Waals surface area (Å²) in [6.07, 6.45) is 4.40. The minimum absolute atomic E-state index is 0.0789. The van der Waals surface area contributed by atoms with Crippen LogP contribution in [0.2, 0.25) is 0 Å². The zero-order chi connectivity index (χ0) is 15.0. The summed E-state index contributed by atoms with van der Waals surface area (Å²) >= 11 is 1.57. The van der Waals surface area contributed by atoms with E-state index < -0.39 is 12.0 Å². The van der Waals surface area contributed by atoms with Gasteiger partial charge in [0.15, 0.2) is 0 Å². The number of ether oxygens (including phenoxy) is 1. The largest absolute Gasteiger partial charge is 0.480 e. The summed E-state index contributed by atoms with van der Waals surface area (Å²) < 4.78 is 5.51. The molecule has 2 N–H and O–H groups in total. The second kappa shape index (κ2) is 9.07. The van der Waals surface area contributed by atoms with Crippen LogP contribution in [0, 0.1) is 0 Å². The average Bonchev–Trinajstić information content (AvgIpc) is 2.93. The number of carboxylic acid groups (broad SMARTS) is 1. The van der Waals surface area contributed by atoms with E-state index in [1.165, 1.54) is 0 Å². The van der Waals surface area contributed by atoms with Crippen molar-refractivity contribution < 1.29 is 19.4 Å². The summed E-state index contributed by atoms with van der Waals surface area (Å²) in [5.41, 5.74) is 0. The number of nitrogens with zero attached hydrogens (tertiary/aromatic N) is 1. The van der Waals surface area contributed by atoms with Crippen molar-refractivity contribution in [2.24, 2.45) is 0 Å². The molecule has 1 rings (SSSR count). The van der Waals surface area contributed by atoms with E-state index in [4.69, 9.17) is 9.84 Å². The first kappa shape index (κ1) is 17.1. The maximum atomic E-state index is 12.1. The zero-order valence-electron chi connectivity index (χ0n) is 12.1. The Labute approximate surface area is 124 Å². The van der Waals surface area contributed by atoms with Crippen LogP contribution < -0.4 is 5.32 Å². The summed E-state index contributed by atoms with van der Waals surface area (Å²) in [6.45, 7) is 3.69. The van der Waals surface area contributed by atoms with Crippen LogP contribution in [0.4, 0.5) is 4.79 Å². The Morgan fingerprint density at radius 1 is 1.55 bits per heavy atom. The summed E-state index contributed by atoms with van der Waals surface area (Å²) in [6, 6.07) is -1.15. The second-order valence-corrected chi connectivity index (χ2v) is 5.78. The van der Waals surface area contributed by atoms with Crippen molar-refractivity contribution in [3.05, 3.63) is 0 Å². The number of thioether (sulfide) groups is 1. The van der Waals surface area contributed by atoms with E-state index >= 15 is 0 Å². The van der Waals surface area contributed by atoms with Crippen molar-refractivity contribution >= 4 is 23.8 Å². The lowest BCUT2D eigenvalue weighted by Crippen LogP contribution is -2.49. The lowest BCUT2D eigenvalue weighted by atomic mass is 10.2. The summed E-state index contributed by atoms with van der Waals surface area (Å²) in [4.78, 5) is 24.9. The molecule has 0 spiro atoms. The molecule has 0 aliphatic carbocycles. The standard InChI is InChI=1S/C13H24N2O4S/c1-3-15(9-10-5-4-7-19-10)13(18)14-11(12(16)17)6-8-20-2/h10-11H,3-9H2,1-2H3,(H,14,18)(H,16,17)/t10?,11-/m1/s1. The van der Waals surface area contributed by atoms with Gasteiger partial charge in [-0.05, 0) is 38.2 Å². The van der Waals surface area contributed by atoms with Crippen molar-refractivity contribution in [2.75, 3.05) is 31.7 Å². The van der Waals surface area contributed by atoms with Crippen LogP contribution in [0.25, 0.3) is 0 Å². The van der Waals surface area contributed by atoms with E-state index in [9.17, 15) is 9.59 Å². The normalized spacial score (nSPS) is 19.6. The van der Waals surface area contributed by atoms with Gasteiger partial charge in [0.25, 0.3) is 0 Å².